The smallest absolute Gasteiger partial charge is 0.328 e. The van der Waals surface area contributed by atoms with Crippen molar-refractivity contribution in [1.29, 1.82) is 0 Å². The first kappa shape index (κ1) is 15.3. The predicted molar refractivity (Wildman–Crippen MR) is 75.9 cm³/mol. The van der Waals surface area contributed by atoms with E-state index >= 15 is 0 Å². The van der Waals surface area contributed by atoms with Crippen LogP contribution in [0.5, 0.6) is 0 Å². The average molecular weight is 295 g/mol. The first-order valence-corrected chi connectivity index (χ1v) is 7.09. The summed E-state index contributed by atoms with van der Waals surface area (Å²) < 4.78 is 6.28. The first-order chi connectivity index (χ1) is 9.95. The van der Waals surface area contributed by atoms with Crippen LogP contribution in [0.1, 0.15) is 30.7 Å². The molecule has 7 heteroatoms. The third-order valence-corrected chi connectivity index (χ3v) is 4.08. The van der Waals surface area contributed by atoms with Crippen molar-refractivity contribution in [1.82, 2.24) is 14.5 Å². The van der Waals surface area contributed by atoms with Gasteiger partial charge in [-0.15, -0.1) is 0 Å². The van der Waals surface area contributed by atoms with Crippen molar-refractivity contribution in [2.45, 2.75) is 45.7 Å². The summed E-state index contributed by atoms with van der Waals surface area (Å²) in [6.45, 7) is 4.55. The summed E-state index contributed by atoms with van der Waals surface area (Å²) >= 11 is 0. The van der Waals surface area contributed by atoms with E-state index in [4.69, 9.17) is 4.74 Å². The lowest BCUT2D eigenvalue weighted by Crippen LogP contribution is -2.41. The normalized spacial score (nSPS) is 18.0. The van der Waals surface area contributed by atoms with E-state index in [1.165, 1.54) is 7.11 Å². The quantitative estimate of drug-likeness (QED) is 0.812. The molecule has 0 bridgehead atoms. The molecule has 1 amide bonds. The van der Waals surface area contributed by atoms with Crippen molar-refractivity contribution in [2.24, 2.45) is 0 Å². The molecule has 0 radical (unpaired) electrons. The van der Waals surface area contributed by atoms with Crippen LogP contribution in [0.15, 0.2) is 4.79 Å². The molecule has 1 saturated heterocycles. The van der Waals surface area contributed by atoms with Crippen molar-refractivity contribution in [3.8, 4) is 0 Å². The molecule has 1 unspecified atom stereocenters. The molecule has 1 fully saturated rings. The SMILES string of the molecule is COC(=O)C1CCCN1C(=O)CCn1c(C)c(C)[nH]c1=O. The van der Waals surface area contributed by atoms with Gasteiger partial charge in [0.15, 0.2) is 0 Å². The standard InChI is InChI=1S/C14H21N3O4/c1-9-10(2)16(14(20)15-9)8-6-12(18)17-7-4-5-11(17)13(19)21-3/h11H,4-8H2,1-3H3,(H,15,20). The summed E-state index contributed by atoms with van der Waals surface area (Å²) in [4.78, 5) is 39.9. The Kier molecular flexibility index (Phi) is 4.50. The van der Waals surface area contributed by atoms with Gasteiger partial charge in [-0.05, 0) is 26.7 Å². The summed E-state index contributed by atoms with van der Waals surface area (Å²) in [6, 6.07) is -0.478. The minimum Gasteiger partial charge on any atom is -0.467 e. The summed E-state index contributed by atoms with van der Waals surface area (Å²) in [5.74, 6) is -0.486. The Morgan fingerprint density at radius 1 is 1.38 bits per heavy atom. The summed E-state index contributed by atoms with van der Waals surface area (Å²) in [7, 11) is 1.33. The van der Waals surface area contributed by atoms with Gasteiger partial charge in [0.1, 0.15) is 6.04 Å². The Morgan fingerprint density at radius 2 is 2.10 bits per heavy atom. The molecular formula is C14H21N3O4. The number of esters is 1. The molecule has 21 heavy (non-hydrogen) atoms. The van der Waals surface area contributed by atoms with E-state index in [-0.39, 0.29) is 24.0 Å². The van der Waals surface area contributed by atoms with Gasteiger partial charge < -0.3 is 14.6 Å². The van der Waals surface area contributed by atoms with Crippen LogP contribution in [0.3, 0.4) is 0 Å². The molecule has 1 N–H and O–H groups in total. The second-order valence-electron chi connectivity index (χ2n) is 5.31. The van der Waals surface area contributed by atoms with Crippen LogP contribution in [-0.4, -0.2) is 46.0 Å². The zero-order valence-corrected chi connectivity index (χ0v) is 12.6. The van der Waals surface area contributed by atoms with Gasteiger partial charge in [-0.2, -0.15) is 0 Å². The maximum atomic E-state index is 12.3. The monoisotopic (exact) mass is 295 g/mol. The minimum absolute atomic E-state index is 0.118. The first-order valence-electron chi connectivity index (χ1n) is 7.09. The Balaban J connectivity index is 2.01. The number of ether oxygens (including phenoxy) is 1. The van der Waals surface area contributed by atoms with E-state index < -0.39 is 6.04 Å². The Labute approximate surface area is 122 Å². The second kappa shape index (κ2) is 6.15. The minimum atomic E-state index is -0.478. The van der Waals surface area contributed by atoms with Crippen molar-refractivity contribution in [3.63, 3.8) is 0 Å². The summed E-state index contributed by atoms with van der Waals surface area (Å²) in [5, 5.41) is 0. The topological polar surface area (TPSA) is 84.4 Å². The lowest BCUT2D eigenvalue weighted by Gasteiger charge is -2.22. The van der Waals surface area contributed by atoms with Crippen molar-refractivity contribution in [3.05, 3.63) is 21.9 Å². The van der Waals surface area contributed by atoms with Gasteiger partial charge in [0.05, 0.1) is 7.11 Å². The van der Waals surface area contributed by atoms with Crippen LogP contribution in [0.4, 0.5) is 0 Å². The summed E-state index contributed by atoms with van der Waals surface area (Å²) in [6.07, 6.45) is 1.64. The number of aromatic nitrogens is 2. The fourth-order valence-corrected chi connectivity index (χ4v) is 2.74. The van der Waals surface area contributed by atoms with Crippen LogP contribution < -0.4 is 5.69 Å². The number of H-pyrrole nitrogens is 1. The Hall–Kier alpha value is -2.05. The third-order valence-electron chi connectivity index (χ3n) is 4.08. The zero-order chi connectivity index (χ0) is 15.6. The van der Waals surface area contributed by atoms with Crippen molar-refractivity contribution >= 4 is 11.9 Å². The number of likely N-dealkylation sites (tertiary alicyclic amines) is 1. The number of imidazole rings is 1. The number of aryl methyl sites for hydroxylation is 1. The van der Waals surface area contributed by atoms with E-state index in [0.29, 0.717) is 19.5 Å². The van der Waals surface area contributed by atoms with E-state index in [9.17, 15) is 14.4 Å². The van der Waals surface area contributed by atoms with Crippen molar-refractivity contribution in [2.75, 3.05) is 13.7 Å². The number of hydrogen-bond donors (Lipinski definition) is 1. The molecule has 1 aromatic rings. The van der Waals surface area contributed by atoms with Gasteiger partial charge in [-0.3, -0.25) is 9.36 Å². The number of amides is 1. The highest BCUT2D eigenvalue weighted by atomic mass is 16.5. The van der Waals surface area contributed by atoms with E-state index in [1.54, 1.807) is 9.47 Å². The summed E-state index contributed by atoms with van der Waals surface area (Å²) in [5.41, 5.74) is 1.43. The lowest BCUT2D eigenvalue weighted by atomic mass is 10.2. The number of rotatable bonds is 4. The van der Waals surface area contributed by atoms with E-state index in [0.717, 1.165) is 17.8 Å². The maximum absolute atomic E-state index is 12.3. The second-order valence-corrected chi connectivity index (χ2v) is 5.31. The zero-order valence-electron chi connectivity index (χ0n) is 12.6. The highest BCUT2D eigenvalue weighted by Crippen LogP contribution is 2.19. The molecule has 7 nitrogen and oxygen atoms in total. The van der Waals surface area contributed by atoms with E-state index in [1.807, 2.05) is 13.8 Å². The van der Waals surface area contributed by atoms with Crippen LogP contribution in [0.25, 0.3) is 0 Å². The molecule has 0 saturated carbocycles. The molecule has 1 aromatic heterocycles. The number of methoxy groups -OCH3 is 1. The third kappa shape index (κ3) is 3.01. The van der Waals surface area contributed by atoms with Gasteiger partial charge in [0, 0.05) is 30.9 Å². The number of carbonyl (C=O) groups excluding carboxylic acids is 2. The molecule has 0 aliphatic carbocycles. The highest BCUT2D eigenvalue weighted by Gasteiger charge is 2.34. The molecule has 2 heterocycles. The predicted octanol–water partition coefficient (Wildman–Crippen LogP) is 0.347. The average Bonchev–Trinajstić information content (AvgIpc) is 3.03. The van der Waals surface area contributed by atoms with Gasteiger partial charge >= 0.3 is 11.7 Å². The molecule has 0 aromatic carbocycles. The van der Waals surface area contributed by atoms with Gasteiger partial charge in [-0.25, -0.2) is 9.59 Å². The molecule has 1 aliphatic rings. The maximum Gasteiger partial charge on any atom is 0.328 e. The lowest BCUT2D eigenvalue weighted by molar-refractivity contribution is -0.151. The van der Waals surface area contributed by atoms with Crippen LogP contribution in [-0.2, 0) is 20.9 Å². The number of nitrogens with zero attached hydrogens (tertiary/aromatic N) is 2. The fraction of sp³-hybridized carbons (Fsp3) is 0.643. The van der Waals surface area contributed by atoms with Crippen LogP contribution in [0, 0.1) is 13.8 Å². The molecular weight excluding hydrogens is 274 g/mol. The number of nitrogens with one attached hydrogen (secondary N) is 1. The van der Waals surface area contributed by atoms with Gasteiger partial charge in [-0.1, -0.05) is 0 Å². The number of aromatic amines is 1. The molecule has 1 aliphatic heterocycles. The van der Waals surface area contributed by atoms with Crippen LogP contribution >= 0.6 is 0 Å². The Morgan fingerprint density at radius 3 is 2.67 bits per heavy atom. The number of carbonyl (C=O) groups is 2. The molecule has 116 valence electrons. The highest BCUT2D eigenvalue weighted by molar-refractivity contribution is 5.85. The van der Waals surface area contributed by atoms with Gasteiger partial charge in [0.2, 0.25) is 5.91 Å². The Bertz CT molecular complexity index is 602. The van der Waals surface area contributed by atoms with Crippen molar-refractivity contribution < 1.29 is 14.3 Å². The molecule has 2 rings (SSSR count). The fourth-order valence-electron chi connectivity index (χ4n) is 2.74. The van der Waals surface area contributed by atoms with Gasteiger partial charge in [0.25, 0.3) is 0 Å². The van der Waals surface area contributed by atoms with Crippen LogP contribution in [0.2, 0.25) is 0 Å². The number of hydrogen-bond acceptors (Lipinski definition) is 4. The van der Waals surface area contributed by atoms with E-state index in [2.05, 4.69) is 4.98 Å². The molecule has 1 atom stereocenters. The molecule has 0 spiro atoms. The largest absolute Gasteiger partial charge is 0.467 e.